The summed E-state index contributed by atoms with van der Waals surface area (Å²) >= 11 is 0. The minimum atomic E-state index is -1.57. The number of carbonyl (C=O) groups is 1. The van der Waals surface area contributed by atoms with E-state index in [1.807, 2.05) is 6.08 Å². The van der Waals surface area contributed by atoms with Crippen molar-refractivity contribution >= 4 is 5.91 Å². The van der Waals surface area contributed by atoms with Crippen LogP contribution in [0.2, 0.25) is 0 Å². The Kier molecular flexibility index (Phi) is 32.1. The van der Waals surface area contributed by atoms with Crippen molar-refractivity contribution in [1.82, 2.24) is 5.32 Å². The van der Waals surface area contributed by atoms with E-state index >= 15 is 0 Å². The van der Waals surface area contributed by atoms with Gasteiger partial charge in [0.05, 0.1) is 25.4 Å². The molecule has 1 aliphatic rings. The molecule has 7 unspecified atom stereocenters. The fourth-order valence-electron chi connectivity index (χ4n) is 6.38. The van der Waals surface area contributed by atoms with E-state index in [0.29, 0.717) is 6.42 Å². The first kappa shape index (κ1) is 49.2. The third-order valence-electron chi connectivity index (χ3n) is 9.88. The summed E-state index contributed by atoms with van der Waals surface area (Å²) < 4.78 is 11.2. The predicted octanol–water partition coefficient (Wildman–Crippen LogP) is 8.28. The second-order valence-electron chi connectivity index (χ2n) is 14.8. The van der Waals surface area contributed by atoms with Crippen molar-refractivity contribution in [2.75, 3.05) is 13.2 Å². The van der Waals surface area contributed by atoms with Crippen LogP contribution in [0.25, 0.3) is 0 Å². The molecule has 1 rings (SSSR count). The summed E-state index contributed by atoms with van der Waals surface area (Å²) in [7, 11) is 0. The summed E-state index contributed by atoms with van der Waals surface area (Å²) in [4.78, 5) is 12.9. The summed E-state index contributed by atoms with van der Waals surface area (Å²) in [6, 6.07) is -0.824. The van der Waals surface area contributed by atoms with Crippen LogP contribution in [0.1, 0.15) is 168 Å². The Morgan fingerprint density at radius 3 is 1.74 bits per heavy atom. The fraction of sp³-hybridized carbons (Fsp3) is 0.795. The van der Waals surface area contributed by atoms with Crippen LogP contribution in [0, 0.1) is 0 Å². The van der Waals surface area contributed by atoms with Gasteiger partial charge in [0.25, 0.3) is 0 Å². The molecule has 0 saturated carbocycles. The highest BCUT2D eigenvalue weighted by molar-refractivity contribution is 5.76. The number of aliphatic hydroxyl groups excluding tert-OH is 5. The van der Waals surface area contributed by atoms with Crippen LogP contribution in [0.5, 0.6) is 0 Å². The molecule has 1 fully saturated rings. The van der Waals surface area contributed by atoms with Gasteiger partial charge >= 0.3 is 0 Å². The van der Waals surface area contributed by atoms with Gasteiger partial charge in [-0.05, 0) is 64.2 Å². The predicted molar refractivity (Wildman–Crippen MR) is 216 cm³/mol. The maximum atomic E-state index is 12.9. The van der Waals surface area contributed by atoms with E-state index in [9.17, 15) is 30.3 Å². The minimum Gasteiger partial charge on any atom is -0.394 e. The summed E-state index contributed by atoms with van der Waals surface area (Å²) in [5, 5.41) is 54.0. The van der Waals surface area contributed by atoms with Crippen molar-refractivity contribution in [3.8, 4) is 0 Å². The zero-order chi connectivity index (χ0) is 38.8. The zero-order valence-electron chi connectivity index (χ0n) is 33.5. The van der Waals surface area contributed by atoms with E-state index < -0.39 is 49.5 Å². The van der Waals surface area contributed by atoms with Crippen LogP contribution in [-0.2, 0) is 14.3 Å². The standard InChI is InChI=1S/C44H79NO8/c1-3-5-7-9-11-13-15-17-18-19-20-22-24-26-28-30-32-34-40(48)45-37(36-52-44-43(51)42(50)41(49)39(35-46)53-44)38(47)33-31-29-27-25-23-21-16-14-12-10-8-6-4-2/h11,13,17-18,23,25,31,33,37-39,41-44,46-47,49-51H,3-10,12,14-16,19-22,24,26-30,32,34-36H2,1-2H3,(H,45,48)/b13-11-,18-17-,25-23+,33-31+. The Hall–Kier alpha value is -1.85. The molecule has 0 aromatic carbocycles. The van der Waals surface area contributed by atoms with Crippen molar-refractivity contribution in [2.24, 2.45) is 0 Å². The van der Waals surface area contributed by atoms with Gasteiger partial charge in [0, 0.05) is 6.42 Å². The van der Waals surface area contributed by atoms with Gasteiger partial charge in [-0.2, -0.15) is 0 Å². The molecular formula is C44H79NO8. The van der Waals surface area contributed by atoms with E-state index in [4.69, 9.17) is 9.47 Å². The Labute approximate surface area is 323 Å². The SMILES string of the molecule is CCCCC/C=C\C/C=C\CCCCCCCCCC(=O)NC(COC1OC(CO)C(O)C(O)C1O)C(O)/C=C/CC/C=C/CCCCCCCCC. The Bertz CT molecular complexity index is 967. The third kappa shape index (κ3) is 25.8. The highest BCUT2D eigenvalue weighted by Crippen LogP contribution is 2.22. The van der Waals surface area contributed by atoms with Crippen LogP contribution in [0.3, 0.4) is 0 Å². The molecule has 6 N–H and O–H groups in total. The molecule has 0 aromatic rings. The lowest BCUT2D eigenvalue weighted by molar-refractivity contribution is -0.302. The summed E-state index contributed by atoms with van der Waals surface area (Å²) in [5.41, 5.74) is 0. The monoisotopic (exact) mass is 750 g/mol. The van der Waals surface area contributed by atoms with Crippen LogP contribution < -0.4 is 5.32 Å². The molecule has 1 saturated heterocycles. The molecule has 0 aliphatic carbocycles. The highest BCUT2D eigenvalue weighted by atomic mass is 16.7. The number of carbonyl (C=O) groups excluding carboxylic acids is 1. The lowest BCUT2D eigenvalue weighted by Gasteiger charge is -2.40. The maximum absolute atomic E-state index is 12.9. The lowest BCUT2D eigenvalue weighted by Crippen LogP contribution is -2.60. The molecule has 0 bridgehead atoms. The van der Waals surface area contributed by atoms with E-state index in [-0.39, 0.29) is 12.5 Å². The van der Waals surface area contributed by atoms with Gasteiger partial charge in [0.1, 0.15) is 24.4 Å². The molecule has 0 spiro atoms. The minimum absolute atomic E-state index is 0.198. The average molecular weight is 750 g/mol. The smallest absolute Gasteiger partial charge is 0.220 e. The van der Waals surface area contributed by atoms with Crippen molar-refractivity contribution < 1.29 is 39.8 Å². The largest absolute Gasteiger partial charge is 0.394 e. The summed E-state index contributed by atoms with van der Waals surface area (Å²) in [6.07, 6.45) is 35.8. The highest BCUT2D eigenvalue weighted by Gasteiger charge is 2.44. The molecule has 7 atom stereocenters. The quantitative estimate of drug-likeness (QED) is 0.0285. The van der Waals surface area contributed by atoms with Gasteiger partial charge in [0.2, 0.25) is 5.91 Å². The number of amides is 1. The van der Waals surface area contributed by atoms with Gasteiger partial charge in [-0.1, -0.05) is 146 Å². The Morgan fingerprint density at radius 1 is 0.642 bits per heavy atom. The topological polar surface area (TPSA) is 149 Å². The first-order valence-corrected chi connectivity index (χ1v) is 21.4. The lowest BCUT2D eigenvalue weighted by atomic mass is 9.99. The van der Waals surface area contributed by atoms with Gasteiger partial charge < -0.3 is 40.3 Å². The van der Waals surface area contributed by atoms with Crippen molar-refractivity contribution in [2.45, 2.75) is 211 Å². The Balaban J connectivity index is 2.42. The zero-order valence-corrected chi connectivity index (χ0v) is 33.5. The Morgan fingerprint density at radius 2 is 1.13 bits per heavy atom. The number of unbranched alkanes of at least 4 members (excludes halogenated alkanes) is 18. The molecule has 0 radical (unpaired) electrons. The molecular weight excluding hydrogens is 670 g/mol. The molecule has 1 aliphatic heterocycles. The number of allylic oxidation sites excluding steroid dienone is 7. The van der Waals surface area contributed by atoms with Crippen LogP contribution >= 0.6 is 0 Å². The van der Waals surface area contributed by atoms with Crippen LogP contribution in [0.15, 0.2) is 48.6 Å². The fourth-order valence-corrected chi connectivity index (χ4v) is 6.38. The van der Waals surface area contributed by atoms with E-state index in [1.165, 1.54) is 89.9 Å². The first-order valence-electron chi connectivity index (χ1n) is 21.4. The number of hydrogen-bond acceptors (Lipinski definition) is 8. The first-order chi connectivity index (χ1) is 25.8. The van der Waals surface area contributed by atoms with E-state index in [0.717, 1.165) is 57.8 Å². The van der Waals surface area contributed by atoms with Crippen LogP contribution in [0.4, 0.5) is 0 Å². The number of nitrogens with one attached hydrogen (secondary N) is 1. The third-order valence-corrected chi connectivity index (χ3v) is 9.88. The second-order valence-corrected chi connectivity index (χ2v) is 14.8. The second kappa shape index (κ2) is 34.6. The molecule has 0 aromatic heterocycles. The molecule has 1 amide bonds. The molecule has 308 valence electrons. The average Bonchev–Trinajstić information content (AvgIpc) is 3.16. The number of hydrogen-bond donors (Lipinski definition) is 6. The van der Waals surface area contributed by atoms with Crippen molar-refractivity contribution in [3.05, 3.63) is 48.6 Å². The molecule has 9 heteroatoms. The van der Waals surface area contributed by atoms with Gasteiger partial charge in [0.15, 0.2) is 6.29 Å². The number of ether oxygens (including phenoxy) is 2. The summed E-state index contributed by atoms with van der Waals surface area (Å²) in [6.45, 7) is 3.69. The normalized spacial score (nSPS) is 22.1. The van der Waals surface area contributed by atoms with Gasteiger partial charge in [-0.15, -0.1) is 0 Å². The molecule has 53 heavy (non-hydrogen) atoms. The molecule has 9 nitrogen and oxygen atoms in total. The molecule has 1 heterocycles. The van der Waals surface area contributed by atoms with Crippen molar-refractivity contribution in [3.63, 3.8) is 0 Å². The number of aliphatic hydroxyl groups is 5. The van der Waals surface area contributed by atoms with E-state index in [2.05, 4.69) is 55.6 Å². The van der Waals surface area contributed by atoms with Gasteiger partial charge in [-0.25, -0.2) is 0 Å². The van der Waals surface area contributed by atoms with Crippen molar-refractivity contribution in [1.29, 1.82) is 0 Å². The van der Waals surface area contributed by atoms with Gasteiger partial charge in [-0.3, -0.25) is 4.79 Å². The van der Waals surface area contributed by atoms with Crippen LogP contribution in [-0.4, -0.2) is 87.5 Å². The van der Waals surface area contributed by atoms with E-state index in [1.54, 1.807) is 6.08 Å². The maximum Gasteiger partial charge on any atom is 0.220 e. The summed E-state index contributed by atoms with van der Waals surface area (Å²) in [5.74, 6) is -0.198. The number of rotatable bonds is 34.